The fraction of sp³-hybridized carbons (Fsp3) is 0.421. The van der Waals surface area contributed by atoms with Crippen LogP contribution in [0.15, 0.2) is 18.2 Å². The number of rotatable bonds is 9. The molecule has 154 valence electrons. The topological polar surface area (TPSA) is 94.2 Å². The summed E-state index contributed by atoms with van der Waals surface area (Å²) in [5, 5.41) is 2.74. The minimum Gasteiger partial charge on any atom is -0.493 e. The third-order valence-corrected chi connectivity index (χ3v) is 3.72. The molecule has 1 N–H and O–H groups in total. The van der Waals surface area contributed by atoms with Gasteiger partial charge in [0.15, 0.2) is 18.1 Å². The first-order chi connectivity index (χ1) is 13.2. The molecule has 1 rings (SSSR count). The molecule has 0 radical (unpaired) electrons. The zero-order chi connectivity index (χ0) is 21.3. The lowest BCUT2D eigenvalue weighted by atomic mass is 10.2. The molecule has 0 saturated heterocycles. The predicted octanol–water partition coefficient (Wildman–Crippen LogP) is 1.90. The maximum atomic E-state index is 11.8. The molecule has 0 fully saturated rings. The molecule has 0 aliphatic rings. The van der Waals surface area contributed by atoms with E-state index in [9.17, 15) is 14.4 Å². The van der Waals surface area contributed by atoms with Gasteiger partial charge in [-0.3, -0.25) is 9.59 Å². The number of methoxy groups -OCH3 is 1. The number of hydrogen-bond acceptors (Lipinski definition) is 6. The van der Waals surface area contributed by atoms with Gasteiger partial charge in [-0.1, -0.05) is 11.6 Å². The van der Waals surface area contributed by atoms with E-state index in [2.05, 4.69) is 5.32 Å². The molecule has 2 amide bonds. The number of nitrogens with one attached hydrogen (secondary N) is 1. The maximum Gasteiger partial charge on any atom is 0.331 e. The molecular formula is C19H25ClN2O6. The second-order valence-electron chi connectivity index (χ2n) is 6.06. The number of carbonyl (C=O) groups excluding carboxylic acids is 3. The molecule has 0 spiro atoms. The summed E-state index contributed by atoms with van der Waals surface area (Å²) in [6.07, 6.45) is 2.57. The summed E-state index contributed by atoms with van der Waals surface area (Å²) in [5.74, 6) is -0.675. The van der Waals surface area contributed by atoms with Gasteiger partial charge in [-0.05, 0) is 37.6 Å². The minimum atomic E-state index is -0.709. The summed E-state index contributed by atoms with van der Waals surface area (Å²) in [6, 6.07) is 3.28. The first kappa shape index (κ1) is 23.3. The Kier molecular flexibility index (Phi) is 9.31. The molecule has 0 atom stereocenters. The lowest BCUT2D eigenvalue weighted by Gasteiger charge is -2.16. The van der Waals surface area contributed by atoms with Crippen LogP contribution in [0.2, 0.25) is 5.02 Å². The van der Waals surface area contributed by atoms with Crippen molar-refractivity contribution in [1.29, 1.82) is 0 Å². The summed E-state index contributed by atoms with van der Waals surface area (Å²) in [5.41, 5.74) is 0.595. The van der Waals surface area contributed by atoms with Crippen molar-refractivity contribution >= 4 is 35.5 Å². The normalized spacial score (nSPS) is 10.7. The monoisotopic (exact) mass is 412 g/mol. The molecule has 0 aliphatic carbocycles. The summed E-state index contributed by atoms with van der Waals surface area (Å²) in [4.78, 5) is 36.0. The van der Waals surface area contributed by atoms with E-state index in [-0.39, 0.29) is 18.6 Å². The lowest BCUT2D eigenvalue weighted by Crippen LogP contribution is -2.38. The van der Waals surface area contributed by atoms with Crippen LogP contribution in [0, 0.1) is 0 Å². The summed E-state index contributed by atoms with van der Waals surface area (Å²) >= 11 is 6.23. The minimum absolute atomic E-state index is 0.0816. The molecule has 0 unspecified atom stereocenters. The van der Waals surface area contributed by atoms with Crippen molar-refractivity contribution < 1.29 is 28.6 Å². The number of hydrogen-bond donors (Lipinski definition) is 1. The van der Waals surface area contributed by atoms with Gasteiger partial charge in [0, 0.05) is 20.2 Å². The average Bonchev–Trinajstić information content (AvgIpc) is 2.65. The van der Waals surface area contributed by atoms with Gasteiger partial charge in [0.25, 0.3) is 5.91 Å². The quantitative estimate of drug-likeness (QED) is 0.491. The largest absolute Gasteiger partial charge is 0.493 e. The van der Waals surface area contributed by atoms with Gasteiger partial charge in [0.05, 0.1) is 24.8 Å². The van der Waals surface area contributed by atoms with Crippen LogP contribution in [-0.2, 0) is 19.1 Å². The molecule has 9 heteroatoms. The van der Waals surface area contributed by atoms with Crippen LogP contribution >= 0.6 is 11.6 Å². The molecule has 28 heavy (non-hydrogen) atoms. The molecular weight excluding hydrogens is 388 g/mol. The highest BCUT2D eigenvalue weighted by atomic mass is 35.5. The van der Waals surface area contributed by atoms with Gasteiger partial charge in [-0.2, -0.15) is 0 Å². The molecule has 0 aliphatic heterocycles. The van der Waals surface area contributed by atoms with E-state index in [1.165, 1.54) is 33.4 Å². The first-order valence-corrected chi connectivity index (χ1v) is 8.89. The molecule has 0 heterocycles. The smallest absolute Gasteiger partial charge is 0.331 e. The van der Waals surface area contributed by atoms with E-state index < -0.39 is 18.5 Å². The summed E-state index contributed by atoms with van der Waals surface area (Å²) in [7, 11) is 4.39. The fourth-order valence-corrected chi connectivity index (χ4v) is 2.29. The van der Waals surface area contributed by atoms with Crippen LogP contribution in [0.3, 0.4) is 0 Å². The third kappa shape index (κ3) is 7.48. The number of benzene rings is 1. The van der Waals surface area contributed by atoms with Gasteiger partial charge < -0.3 is 24.4 Å². The van der Waals surface area contributed by atoms with Crippen LogP contribution in [0.1, 0.15) is 19.4 Å². The van der Waals surface area contributed by atoms with Crippen molar-refractivity contribution in [1.82, 2.24) is 10.2 Å². The lowest BCUT2D eigenvalue weighted by molar-refractivity contribution is -0.148. The van der Waals surface area contributed by atoms with Gasteiger partial charge in [-0.15, -0.1) is 0 Å². The number of carbonyl (C=O) groups is 3. The standard InChI is InChI=1S/C19H25ClN2O6/c1-12(2)28-19-14(20)8-13(9-15(19)26-5)6-7-18(25)27-11-17(24)22(4)10-16(23)21-3/h6-9,12H,10-11H2,1-5H3,(H,21,23)/b7-6+. The summed E-state index contributed by atoms with van der Waals surface area (Å²) in [6.45, 7) is 3.15. The number of ether oxygens (including phenoxy) is 3. The number of nitrogens with zero attached hydrogens (tertiary/aromatic N) is 1. The van der Waals surface area contributed by atoms with Crippen LogP contribution in [-0.4, -0.2) is 63.1 Å². The third-order valence-electron chi connectivity index (χ3n) is 3.44. The van der Waals surface area contributed by atoms with E-state index >= 15 is 0 Å². The van der Waals surface area contributed by atoms with Crippen molar-refractivity contribution in [2.24, 2.45) is 0 Å². The molecule has 0 bridgehead atoms. The zero-order valence-corrected chi connectivity index (χ0v) is 17.3. The number of likely N-dealkylation sites (N-methyl/N-ethyl adjacent to an activating group) is 2. The average molecular weight is 413 g/mol. The summed E-state index contributed by atoms with van der Waals surface area (Å²) < 4.78 is 15.8. The van der Waals surface area contributed by atoms with Crippen molar-refractivity contribution in [3.63, 3.8) is 0 Å². The highest BCUT2D eigenvalue weighted by molar-refractivity contribution is 6.32. The molecule has 0 saturated carbocycles. The van der Waals surface area contributed by atoms with Gasteiger partial charge in [0.2, 0.25) is 5.91 Å². The van der Waals surface area contributed by atoms with Crippen molar-refractivity contribution in [2.75, 3.05) is 34.4 Å². The Morgan fingerprint density at radius 2 is 1.96 bits per heavy atom. The first-order valence-electron chi connectivity index (χ1n) is 8.51. The molecule has 1 aromatic rings. The van der Waals surface area contributed by atoms with Gasteiger partial charge >= 0.3 is 5.97 Å². The highest BCUT2D eigenvalue weighted by Gasteiger charge is 2.15. The van der Waals surface area contributed by atoms with Gasteiger partial charge in [0.1, 0.15) is 0 Å². The number of amides is 2. The Labute approximate surface area is 169 Å². The van der Waals surface area contributed by atoms with Gasteiger partial charge in [-0.25, -0.2) is 4.79 Å². The Bertz CT molecular complexity index is 748. The molecule has 8 nitrogen and oxygen atoms in total. The van der Waals surface area contributed by atoms with E-state index in [4.69, 9.17) is 25.8 Å². The van der Waals surface area contributed by atoms with Crippen LogP contribution in [0.4, 0.5) is 0 Å². The molecule has 0 aromatic heterocycles. The predicted molar refractivity (Wildman–Crippen MR) is 105 cm³/mol. The van der Waals surface area contributed by atoms with Crippen molar-refractivity contribution in [3.8, 4) is 11.5 Å². The van der Waals surface area contributed by atoms with Crippen molar-refractivity contribution in [3.05, 3.63) is 28.8 Å². The Morgan fingerprint density at radius 1 is 1.29 bits per heavy atom. The highest BCUT2D eigenvalue weighted by Crippen LogP contribution is 2.37. The second kappa shape index (κ2) is 11.2. The van der Waals surface area contributed by atoms with Crippen LogP contribution < -0.4 is 14.8 Å². The van der Waals surface area contributed by atoms with Crippen LogP contribution in [0.25, 0.3) is 6.08 Å². The second-order valence-corrected chi connectivity index (χ2v) is 6.47. The Hall–Kier alpha value is -2.74. The number of halogens is 1. The Balaban J connectivity index is 2.70. The SMILES string of the molecule is CNC(=O)CN(C)C(=O)COC(=O)/C=C/c1cc(Cl)c(OC(C)C)c(OC)c1. The zero-order valence-electron chi connectivity index (χ0n) is 16.6. The van der Waals surface area contributed by atoms with Crippen molar-refractivity contribution in [2.45, 2.75) is 20.0 Å². The fourth-order valence-electron chi connectivity index (χ4n) is 2.02. The maximum absolute atomic E-state index is 11.8. The van der Waals surface area contributed by atoms with E-state index in [0.29, 0.717) is 22.1 Å². The van der Waals surface area contributed by atoms with E-state index in [1.54, 1.807) is 12.1 Å². The van der Waals surface area contributed by atoms with E-state index in [1.807, 2.05) is 13.8 Å². The Morgan fingerprint density at radius 3 is 2.54 bits per heavy atom. The van der Waals surface area contributed by atoms with E-state index in [0.717, 1.165) is 4.90 Å². The van der Waals surface area contributed by atoms with Crippen LogP contribution in [0.5, 0.6) is 11.5 Å². The number of esters is 1. The molecule has 1 aromatic carbocycles.